The quantitative estimate of drug-likeness (QED) is 0.683. The molecule has 1 unspecified atom stereocenters. The lowest BCUT2D eigenvalue weighted by Crippen LogP contribution is -2.53. The van der Waals surface area contributed by atoms with Crippen molar-refractivity contribution in [2.45, 2.75) is 24.8 Å². The zero-order chi connectivity index (χ0) is 21.0. The average molecular weight is 402 g/mol. The highest BCUT2D eigenvalue weighted by molar-refractivity contribution is 5.86. The van der Waals surface area contributed by atoms with Gasteiger partial charge in [0, 0.05) is 24.8 Å². The molecule has 1 amide bonds. The van der Waals surface area contributed by atoms with Gasteiger partial charge in [0.1, 0.15) is 11.2 Å². The lowest BCUT2D eigenvalue weighted by molar-refractivity contribution is -0.126. The van der Waals surface area contributed by atoms with Gasteiger partial charge in [-0.05, 0) is 48.7 Å². The van der Waals surface area contributed by atoms with Gasteiger partial charge < -0.3 is 10.5 Å². The summed E-state index contributed by atoms with van der Waals surface area (Å²) in [4.78, 5) is 19.4. The van der Waals surface area contributed by atoms with Gasteiger partial charge in [0.05, 0.1) is 12.8 Å². The van der Waals surface area contributed by atoms with Crippen molar-refractivity contribution in [1.82, 2.24) is 9.88 Å². The predicted octanol–water partition coefficient (Wildman–Crippen LogP) is 3.78. The van der Waals surface area contributed by atoms with Crippen molar-refractivity contribution in [1.29, 1.82) is 0 Å². The standard InChI is InChI=1S/C25H27N3O2/c1-30-22-12-5-4-11-21(22)20-10-3-2-9-19(20)17-28-16-8-14-25(18-28,24(26)29)23-13-6-7-15-27-23/h2-7,9-13,15H,8,14,16-18H2,1H3,(H2,26,29). The Bertz CT molecular complexity index is 1020. The average Bonchev–Trinajstić information content (AvgIpc) is 2.80. The first-order valence-electron chi connectivity index (χ1n) is 10.3. The normalized spacial score (nSPS) is 19.4. The predicted molar refractivity (Wildman–Crippen MR) is 118 cm³/mol. The Hall–Kier alpha value is -3.18. The van der Waals surface area contributed by atoms with Crippen LogP contribution in [0.2, 0.25) is 0 Å². The lowest BCUT2D eigenvalue weighted by Gasteiger charge is -2.40. The summed E-state index contributed by atoms with van der Waals surface area (Å²) < 4.78 is 5.58. The van der Waals surface area contributed by atoms with Crippen molar-refractivity contribution in [2.24, 2.45) is 5.73 Å². The number of likely N-dealkylation sites (tertiary alicyclic amines) is 1. The molecule has 2 N–H and O–H groups in total. The van der Waals surface area contributed by atoms with Crippen LogP contribution in [-0.2, 0) is 16.8 Å². The topological polar surface area (TPSA) is 68.5 Å². The van der Waals surface area contributed by atoms with Gasteiger partial charge in [-0.1, -0.05) is 48.5 Å². The molecular formula is C25H27N3O2. The molecule has 1 aromatic heterocycles. The van der Waals surface area contributed by atoms with E-state index in [-0.39, 0.29) is 5.91 Å². The largest absolute Gasteiger partial charge is 0.496 e. The molecule has 1 aliphatic heterocycles. The van der Waals surface area contributed by atoms with E-state index in [0.717, 1.165) is 48.5 Å². The fourth-order valence-electron chi connectivity index (χ4n) is 4.49. The van der Waals surface area contributed by atoms with Crippen LogP contribution in [-0.4, -0.2) is 36.0 Å². The minimum atomic E-state index is -0.751. The number of benzene rings is 2. The van der Waals surface area contributed by atoms with Gasteiger partial charge in [-0.2, -0.15) is 0 Å². The summed E-state index contributed by atoms with van der Waals surface area (Å²) in [5, 5.41) is 0. The van der Waals surface area contributed by atoms with Crippen molar-refractivity contribution in [2.75, 3.05) is 20.2 Å². The molecule has 5 heteroatoms. The number of amides is 1. The Morgan fingerprint density at radius 1 is 1.07 bits per heavy atom. The number of nitrogens with zero attached hydrogens (tertiary/aromatic N) is 2. The zero-order valence-corrected chi connectivity index (χ0v) is 17.3. The maximum Gasteiger partial charge on any atom is 0.230 e. The fraction of sp³-hybridized carbons (Fsp3) is 0.280. The van der Waals surface area contributed by atoms with E-state index < -0.39 is 5.41 Å². The van der Waals surface area contributed by atoms with Gasteiger partial charge >= 0.3 is 0 Å². The number of rotatable bonds is 6. The molecule has 0 radical (unpaired) electrons. The Labute approximate surface area is 177 Å². The number of nitrogens with two attached hydrogens (primary N) is 1. The van der Waals surface area contributed by atoms with E-state index in [2.05, 4.69) is 34.1 Å². The number of ether oxygens (including phenoxy) is 1. The number of carbonyl (C=O) groups is 1. The third-order valence-corrected chi connectivity index (χ3v) is 6.01. The maximum atomic E-state index is 12.6. The second kappa shape index (κ2) is 8.67. The minimum Gasteiger partial charge on any atom is -0.496 e. The van der Waals surface area contributed by atoms with Gasteiger partial charge in [-0.15, -0.1) is 0 Å². The third-order valence-electron chi connectivity index (χ3n) is 6.01. The lowest BCUT2D eigenvalue weighted by atomic mass is 9.76. The molecular weight excluding hydrogens is 374 g/mol. The smallest absolute Gasteiger partial charge is 0.230 e. The molecule has 5 nitrogen and oxygen atoms in total. The second-order valence-corrected chi connectivity index (χ2v) is 7.83. The van der Waals surface area contributed by atoms with Crippen LogP contribution in [0.5, 0.6) is 5.75 Å². The molecule has 2 heterocycles. The number of hydrogen-bond donors (Lipinski definition) is 1. The summed E-state index contributed by atoms with van der Waals surface area (Å²) >= 11 is 0. The van der Waals surface area contributed by atoms with Crippen LogP contribution in [0.25, 0.3) is 11.1 Å². The van der Waals surface area contributed by atoms with Crippen molar-refractivity contribution >= 4 is 5.91 Å². The molecule has 0 aliphatic carbocycles. The van der Waals surface area contributed by atoms with E-state index in [1.54, 1.807) is 13.3 Å². The highest BCUT2D eigenvalue weighted by atomic mass is 16.5. The first-order valence-corrected chi connectivity index (χ1v) is 10.3. The SMILES string of the molecule is COc1ccccc1-c1ccccc1CN1CCCC(C(N)=O)(c2ccccn2)C1. The van der Waals surface area contributed by atoms with Crippen LogP contribution in [0.3, 0.4) is 0 Å². The van der Waals surface area contributed by atoms with Crippen molar-refractivity contribution < 1.29 is 9.53 Å². The van der Waals surface area contributed by atoms with E-state index in [0.29, 0.717) is 6.54 Å². The first kappa shape index (κ1) is 20.1. The number of hydrogen-bond acceptors (Lipinski definition) is 4. The molecule has 0 bridgehead atoms. The molecule has 2 aromatic carbocycles. The number of primary amides is 1. The van der Waals surface area contributed by atoms with Gasteiger partial charge in [0.15, 0.2) is 0 Å². The van der Waals surface area contributed by atoms with Gasteiger partial charge in [0.25, 0.3) is 0 Å². The van der Waals surface area contributed by atoms with Crippen molar-refractivity contribution in [3.63, 3.8) is 0 Å². The fourth-order valence-corrected chi connectivity index (χ4v) is 4.49. The molecule has 154 valence electrons. The second-order valence-electron chi connectivity index (χ2n) is 7.83. The van der Waals surface area contributed by atoms with Crippen molar-refractivity contribution in [3.05, 3.63) is 84.2 Å². The first-order chi connectivity index (χ1) is 14.6. The van der Waals surface area contributed by atoms with Gasteiger partial charge in [0.2, 0.25) is 5.91 Å². The molecule has 0 spiro atoms. The summed E-state index contributed by atoms with van der Waals surface area (Å²) in [6, 6.07) is 22.1. The van der Waals surface area contributed by atoms with E-state index in [9.17, 15) is 4.79 Å². The number of piperidine rings is 1. The number of para-hydroxylation sites is 1. The van der Waals surface area contributed by atoms with Crippen LogP contribution in [0.1, 0.15) is 24.1 Å². The van der Waals surface area contributed by atoms with Gasteiger partial charge in [-0.25, -0.2) is 0 Å². The highest BCUT2D eigenvalue weighted by Gasteiger charge is 2.43. The summed E-state index contributed by atoms with van der Waals surface area (Å²) in [7, 11) is 1.69. The van der Waals surface area contributed by atoms with Crippen LogP contribution in [0, 0.1) is 0 Å². The number of aromatic nitrogens is 1. The molecule has 1 atom stereocenters. The molecule has 0 saturated carbocycles. The van der Waals surface area contributed by atoms with E-state index in [1.165, 1.54) is 5.56 Å². The highest BCUT2D eigenvalue weighted by Crippen LogP contribution is 2.36. The summed E-state index contributed by atoms with van der Waals surface area (Å²) in [6.45, 7) is 2.22. The summed E-state index contributed by atoms with van der Waals surface area (Å²) in [5.74, 6) is 0.549. The third kappa shape index (κ3) is 3.81. The summed E-state index contributed by atoms with van der Waals surface area (Å²) in [5.41, 5.74) is 9.35. The Morgan fingerprint density at radius 3 is 2.53 bits per heavy atom. The van der Waals surface area contributed by atoms with E-state index in [1.807, 2.05) is 42.5 Å². The van der Waals surface area contributed by atoms with E-state index in [4.69, 9.17) is 10.5 Å². The molecule has 30 heavy (non-hydrogen) atoms. The maximum absolute atomic E-state index is 12.6. The van der Waals surface area contributed by atoms with Crippen molar-refractivity contribution in [3.8, 4) is 16.9 Å². The van der Waals surface area contributed by atoms with Crippen LogP contribution >= 0.6 is 0 Å². The van der Waals surface area contributed by atoms with Crippen LogP contribution < -0.4 is 10.5 Å². The molecule has 3 aromatic rings. The summed E-state index contributed by atoms with van der Waals surface area (Å²) in [6.07, 6.45) is 3.36. The zero-order valence-electron chi connectivity index (χ0n) is 17.3. The Balaban J connectivity index is 1.65. The number of pyridine rings is 1. The molecule has 1 saturated heterocycles. The molecule has 1 aliphatic rings. The van der Waals surface area contributed by atoms with Crippen LogP contribution in [0.15, 0.2) is 72.9 Å². The Morgan fingerprint density at radius 2 is 1.80 bits per heavy atom. The number of carbonyl (C=O) groups excluding carboxylic acids is 1. The van der Waals surface area contributed by atoms with E-state index >= 15 is 0 Å². The number of methoxy groups -OCH3 is 1. The molecule has 1 fully saturated rings. The minimum absolute atomic E-state index is 0.302. The monoisotopic (exact) mass is 401 g/mol. The Kier molecular flexibility index (Phi) is 5.81. The van der Waals surface area contributed by atoms with Crippen LogP contribution in [0.4, 0.5) is 0 Å². The molecule has 4 rings (SSSR count). The van der Waals surface area contributed by atoms with Gasteiger partial charge in [-0.3, -0.25) is 14.7 Å².